The number of ether oxygens (including phenoxy) is 5. The summed E-state index contributed by atoms with van der Waals surface area (Å²) in [6, 6.07) is 33.0. The highest BCUT2D eigenvalue weighted by Crippen LogP contribution is 2.39. The van der Waals surface area contributed by atoms with Gasteiger partial charge in [-0.05, 0) is 121 Å². The summed E-state index contributed by atoms with van der Waals surface area (Å²) in [5, 5.41) is 0.413. The standard InChI is InChI=1S/C57H56Cl4N2O8/c1-3-5-7-9-11-13-30-67-46-26-22-42(23-27-46)56(65)70-53-49(58)33-44(34-50(53)59)62-37-39-18-20-41(21-19-39)55(64)69-48-17-15-16-40(32-48)38-63-45-35-51(60)54(52(61)36-45)71-57(66)43-24-28-47(29-25-43)68-31-14-12-10-8-6-4-2/h15-29,32-38H,3-14,30-31H2,1-2H3. The molecule has 6 rings (SSSR count). The van der Waals surface area contributed by atoms with E-state index < -0.39 is 17.9 Å². The molecular weight excluding hydrogens is 982 g/mol. The van der Waals surface area contributed by atoms with E-state index in [1.54, 1.807) is 109 Å². The molecule has 0 N–H and O–H groups in total. The predicted molar refractivity (Wildman–Crippen MR) is 286 cm³/mol. The van der Waals surface area contributed by atoms with Crippen LogP contribution in [0.5, 0.6) is 28.7 Å². The first kappa shape index (κ1) is 54.2. The minimum Gasteiger partial charge on any atom is -0.494 e. The molecule has 14 heteroatoms. The highest BCUT2D eigenvalue weighted by molar-refractivity contribution is 6.38. The monoisotopic (exact) mass is 1040 g/mol. The Morgan fingerprint density at radius 1 is 0.423 bits per heavy atom. The van der Waals surface area contributed by atoms with Crippen LogP contribution in [-0.4, -0.2) is 43.6 Å². The maximum absolute atomic E-state index is 13.1. The van der Waals surface area contributed by atoms with E-state index >= 15 is 0 Å². The second-order valence-electron chi connectivity index (χ2n) is 16.6. The minimum absolute atomic E-state index is 0.0129. The molecule has 0 amide bonds. The van der Waals surface area contributed by atoms with E-state index in [1.165, 1.54) is 75.6 Å². The van der Waals surface area contributed by atoms with Gasteiger partial charge in [0.05, 0.1) is 61.4 Å². The van der Waals surface area contributed by atoms with Crippen molar-refractivity contribution in [3.8, 4) is 28.7 Å². The van der Waals surface area contributed by atoms with Crippen LogP contribution in [0.3, 0.4) is 0 Å². The molecule has 0 aromatic heterocycles. The molecule has 0 bridgehead atoms. The number of esters is 3. The van der Waals surface area contributed by atoms with E-state index in [2.05, 4.69) is 23.8 Å². The molecule has 0 fully saturated rings. The third kappa shape index (κ3) is 17.6. The Balaban J connectivity index is 0.963. The minimum atomic E-state index is -0.622. The Morgan fingerprint density at radius 2 is 0.803 bits per heavy atom. The third-order valence-corrected chi connectivity index (χ3v) is 12.1. The van der Waals surface area contributed by atoms with Gasteiger partial charge in [-0.15, -0.1) is 0 Å². The summed E-state index contributed by atoms with van der Waals surface area (Å²) in [6.07, 6.45) is 17.2. The molecule has 0 unspecified atom stereocenters. The van der Waals surface area contributed by atoms with Gasteiger partial charge in [0.2, 0.25) is 0 Å². The SMILES string of the molecule is CCCCCCCCOc1ccc(C(=O)Oc2c(Cl)cc(N=Cc3ccc(C(=O)Oc4cccc(C=Nc5cc(Cl)c(OC(=O)c6ccc(OCCCCCCCC)cc6)c(Cl)c5)c4)cc3)cc2Cl)cc1. The molecule has 0 aliphatic carbocycles. The number of hydrogen-bond acceptors (Lipinski definition) is 10. The van der Waals surface area contributed by atoms with Crippen LogP contribution in [0.1, 0.15) is 133 Å². The molecule has 0 aliphatic heterocycles. The Bertz CT molecular complexity index is 2720. The van der Waals surface area contributed by atoms with Crippen molar-refractivity contribution < 1.29 is 38.1 Å². The van der Waals surface area contributed by atoms with Crippen LogP contribution in [0.15, 0.2) is 131 Å². The fourth-order valence-electron chi connectivity index (χ4n) is 7.09. The Kier molecular flexibility index (Phi) is 21.8. The molecule has 0 atom stereocenters. The number of unbranched alkanes of at least 4 members (excludes halogenated alkanes) is 10. The van der Waals surface area contributed by atoms with Crippen molar-refractivity contribution in [2.24, 2.45) is 9.98 Å². The Hall–Kier alpha value is -6.17. The van der Waals surface area contributed by atoms with Crippen molar-refractivity contribution in [1.29, 1.82) is 0 Å². The van der Waals surface area contributed by atoms with Crippen LogP contribution in [0.2, 0.25) is 20.1 Å². The number of carbonyl (C=O) groups is 3. The lowest BCUT2D eigenvalue weighted by Gasteiger charge is -2.10. The zero-order valence-electron chi connectivity index (χ0n) is 39.8. The summed E-state index contributed by atoms with van der Waals surface area (Å²) >= 11 is 26.0. The molecule has 0 radical (unpaired) electrons. The molecule has 0 aliphatic rings. The summed E-state index contributed by atoms with van der Waals surface area (Å²) in [7, 11) is 0. The Morgan fingerprint density at radius 3 is 1.24 bits per heavy atom. The molecule has 0 saturated heterocycles. The van der Waals surface area contributed by atoms with E-state index in [9.17, 15) is 14.4 Å². The normalized spacial score (nSPS) is 11.2. The first-order chi connectivity index (χ1) is 34.5. The van der Waals surface area contributed by atoms with E-state index in [1.807, 2.05) is 0 Å². The fraction of sp³-hybridized carbons (Fsp3) is 0.281. The second-order valence-corrected chi connectivity index (χ2v) is 18.3. The number of rotatable bonds is 26. The van der Waals surface area contributed by atoms with Crippen molar-refractivity contribution in [1.82, 2.24) is 0 Å². The van der Waals surface area contributed by atoms with E-state index in [-0.39, 0.29) is 31.6 Å². The molecule has 10 nitrogen and oxygen atoms in total. The van der Waals surface area contributed by atoms with Gasteiger partial charge in [-0.25, -0.2) is 14.4 Å². The maximum atomic E-state index is 13.1. The quantitative estimate of drug-likeness (QED) is 0.0228. The van der Waals surface area contributed by atoms with Crippen LogP contribution >= 0.6 is 46.4 Å². The maximum Gasteiger partial charge on any atom is 0.343 e. The van der Waals surface area contributed by atoms with Crippen molar-refractivity contribution in [3.63, 3.8) is 0 Å². The largest absolute Gasteiger partial charge is 0.494 e. The van der Waals surface area contributed by atoms with Gasteiger partial charge in [0.25, 0.3) is 0 Å². The smallest absolute Gasteiger partial charge is 0.343 e. The molecule has 0 heterocycles. The zero-order valence-corrected chi connectivity index (χ0v) is 42.8. The third-order valence-electron chi connectivity index (χ3n) is 11.0. The summed E-state index contributed by atoms with van der Waals surface area (Å²) < 4.78 is 28.4. The average molecular weight is 1040 g/mol. The van der Waals surface area contributed by atoms with Crippen LogP contribution in [0, 0.1) is 0 Å². The van der Waals surface area contributed by atoms with Crippen molar-refractivity contribution in [2.75, 3.05) is 13.2 Å². The molecule has 0 saturated carbocycles. The summed E-state index contributed by atoms with van der Waals surface area (Å²) in [4.78, 5) is 47.9. The van der Waals surface area contributed by atoms with Crippen molar-refractivity contribution in [2.45, 2.75) is 90.9 Å². The van der Waals surface area contributed by atoms with Gasteiger partial charge in [0.15, 0.2) is 11.5 Å². The lowest BCUT2D eigenvalue weighted by atomic mass is 10.1. The number of hydrogen-bond donors (Lipinski definition) is 0. The number of carbonyl (C=O) groups excluding carboxylic acids is 3. The second kappa shape index (κ2) is 28.6. The fourth-order valence-corrected chi connectivity index (χ4v) is 8.19. The van der Waals surface area contributed by atoms with Crippen LogP contribution < -0.4 is 23.7 Å². The highest BCUT2D eigenvalue weighted by Gasteiger charge is 2.18. The van der Waals surface area contributed by atoms with Gasteiger partial charge in [-0.2, -0.15) is 0 Å². The van der Waals surface area contributed by atoms with E-state index in [0.29, 0.717) is 69.7 Å². The lowest BCUT2D eigenvalue weighted by molar-refractivity contribution is 0.0725. The molecule has 370 valence electrons. The Labute approximate surface area is 435 Å². The van der Waals surface area contributed by atoms with Crippen LogP contribution in [0.4, 0.5) is 11.4 Å². The predicted octanol–water partition coefficient (Wildman–Crippen LogP) is 16.9. The number of aliphatic imine (C=N–C) groups is 2. The summed E-state index contributed by atoms with van der Waals surface area (Å²) in [5.74, 6) is -0.130. The van der Waals surface area contributed by atoms with Gasteiger partial charge < -0.3 is 23.7 Å². The van der Waals surface area contributed by atoms with Gasteiger partial charge in [-0.3, -0.25) is 9.98 Å². The first-order valence-electron chi connectivity index (χ1n) is 23.9. The topological polar surface area (TPSA) is 122 Å². The summed E-state index contributed by atoms with van der Waals surface area (Å²) in [6.45, 7) is 5.64. The van der Waals surface area contributed by atoms with Gasteiger partial charge >= 0.3 is 17.9 Å². The highest BCUT2D eigenvalue weighted by atomic mass is 35.5. The first-order valence-corrected chi connectivity index (χ1v) is 25.4. The molecular formula is C57H56Cl4N2O8. The zero-order chi connectivity index (χ0) is 50.4. The van der Waals surface area contributed by atoms with Gasteiger partial charge in [-0.1, -0.05) is 149 Å². The van der Waals surface area contributed by atoms with Gasteiger partial charge in [0, 0.05) is 12.4 Å². The number of benzene rings is 6. The van der Waals surface area contributed by atoms with E-state index in [4.69, 9.17) is 70.1 Å². The average Bonchev–Trinajstić information content (AvgIpc) is 3.37. The van der Waals surface area contributed by atoms with E-state index in [0.717, 1.165) is 25.7 Å². The summed E-state index contributed by atoms with van der Waals surface area (Å²) in [5.41, 5.74) is 3.08. The molecule has 6 aromatic carbocycles. The van der Waals surface area contributed by atoms with Crippen LogP contribution in [-0.2, 0) is 0 Å². The number of halogens is 4. The molecule has 6 aromatic rings. The van der Waals surface area contributed by atoms with Gasteiger partial charge in [0.1, 0.15) is 17.2 Å². The van der Waals surface area contributed by atoms with Crippen molar-refractivity contribution in [3.05, 3.63) is 169 Å². The lowest BCUT2D eigenvalue weighted by Crippen LogP contribution is -2.09. The van der Waals surface area contributed by atoms with Crippen molar-refractivity contribution >= 4 is 88.1 Å². The molecule has 0 spiro atoms. The molecule has 71 heavy (non-hydrogen) atoms. The van der Waals surface area contributed by atoms with Crippen LogP contribution in [0.25, 0.3) is 0 Å². The number of nitrogens with zero attached hydrogens (tertiary/aromatic N) is 2.